The number of nitrogens with one attached hydrogen (secondary N) is 1. The van der Waals surface area contributed by atoms with Crippen molar-refractivity contribution < 1.29 is 9.21 Å². The molecule has 21 heavy (non-hydrogen) atoms. The van der Waals surface area contributed by atoms with E-state index in [1.54, 1.807) is 11.3 Å². The molecule has 1 unspecified atom stereocenters. The minimum absolute atomic E-state index is 0.0150. The van der Waals surface area contributed by atoms with Crippen LogP contribution in [-0.4, -0.2) is 23.5 Å². The van der Waals surface area contributed by atoms with Crippen LogP contribution < -0.4 is 11.1 Å². The molecule has 0 saturated carbocycles. The number of carbonyl (C=O) groups is 1. The van der Waals surface area contributed by atoms with Crippen molar-refractivity contribution in [3.05, 3.63) is 29.5 Å². The van der Waals surface area contributed by atoms with Crippen LogP contribution in [0.4, 0.5) is 0 Å². The van der Waals surface area contributed by atoms with Crippen LogP contribution in [0.1, 0.15) is 26.0 Å². The van der Waals surface area contributed by atoms with Gasteiger partial charge in [-0.25, -0.2) is 4.98 Å². The first kappa shape index (κ1) is 15.7. The molecule has 1 amide bonds. The Kier molecular flexibility index (Phi) is 5.52. The second-order valence-corrected chi connectivity index (χ2v) is 6.38. The number of oxazole rings is 1. The maximum absolute atomic E-state index is 12.0. The Hall–Kier alpha value is -1.66. The molecular formula is C15H21N3O2S. The molecule has 0 aromatic carbocycles. The van der Waals surface area contributed by atoms with Gasteiger partial charge < -0.3 is 15.5 Å². The van der Waals surface area contributed by atoms with Crippen molar-refractivity contribution in [1.29, 1.82) is 0 Å². The first-order valence-corrected chi connectivity index (χ1v) is 7.94. The lowest BCUT2D eigenvalue weighted by atomic mass is 10.0. The molecule has 0 radical (unpaired) electrons. The van der Waals surface area contributed by atoms with E-state index < -0.39 is 0 Å². The van der Waals surface area contributed by atoms with E-state index in [1.807, 2.05) is 17.5 Å². The van der Waals surface area contributed by atoms with Gasteiger partial charge in [-0.15, -0.1) is 11.3 Å². The normalized spacial score (nSPS) is 12.6. The number of nitrogens with zero attached hydrogens (tertiary/aromatic N) is 1. The number of aromatic nitrogens is 1. The number of amides is 1. The Morgan fingerprint density at radius 1 is 1.52 bits per heavy atom. The highest BCUT2D eigenvalue weighted by molar-refractivity contribution is 7.13. The van der Waals surface area contributed by atoms with Gasteiger partial charge in [0.25, 0.3) is 0 Å². The summed E-state index contributed by atoms with van der Waals surface area (Å²) in [5.41, 5.74) is 6.32. The maximum Gasteiger partial charge on any atom is 0.236 e. The van der Waals surface area contributed by atoms with Crippen molar-refractivity contribution in [2.75, 3.05) is 6.54 Å². The summed E-state index contributed by atoms with van der Waals surface area (Å²) in [5, 5.41) is 4.91. The van der Waals surface area contributed by atoms with Crippen molar-refractivity contribution >= 4 is 17.2 Å². The summed E-state index contributed by atoms with van der Waals surface area (Å²) in [6, 6.07) is 3.89. The van der Waals surface area contributed by atoms with E-state index in [-0.39, 0.29) is 18.4 Å². The van der Waals surface area contributed by atoms with Gasteiger partial charge in [0.15, 0.2) is 0 Å². The van der Waals surface area contributed by atoms with Crippen LogP contribution in [0.25, 0.3) is 10.8 Å². The fraction of sp³-hybridized carbons (Fsp3) is 0.467. The van der Waals surface area contributed by atoms with E-state index in [0.717, 1.165) is 11.3 Å². The molecule has 0 bridgehead atoms. The van der Waals surface area contributed by atoms with Crippen LogP contribution in [-0.2, 0) is 11.2 Å². The first-order chi connectivity index (χ1) is 10.1. The van der Waals surface area contributed by atoms with E-state index in [9.17, 15) is 4.79 Å². The summed E-state index contributed by atoms with van der Waals surface area (Å²) in [6.07, 6.45) is 2.62. The largest absolute Gasteiger partial charge is 0.444 e. The highest BCUT2D eigenvalue weighted by Gasteiger charge is 2.15. The molecule has 1 atom stereocenters. The van der Waals surface area contributed by atoms with Gasteiger partial charge in [-0.2, -0.15) is 0 Å². The Bertz CT molecular complexity index is 563. The highest BCUT2D eigenvalue weighted by atomic mass is 32.1. The summed E-state index contributed by atoms with van der Waals surface area (Å²) >= 11 is 1.56. The average molecular weight is 307 g/mol. The molecule has 0 spiro atoms. The fourth-order valence-electron chi connectivity index (χ4n) is 2.13. The van der Waals surface area contributed by atoms with Gasteiger partial charge in [0.1, 0.15) is 6.26 Å². The van der Waals surface area contributed by atoms with Crippen LogP contribution in [0.3, 0.4) is 0 Å². The van der Waals surface area contributed by atoms with Crippen LogP contribution in [0.2, 0.25) is 0 Å². The highest BCUT2D eigenvalue weighted by Crippen LogP contribution is 2.23. The lowest BCUT2D eigenvalue weighted by molar-refractivity contribution is -0.121. The maximum atomic E-state index is 12.0. The summed E-state index contributed by atoms with van der Waals surface area (Å²) < 4.78 is 5.40. The topological polar surface area (TPSA) is 81.1 Å². The zero-order valence-corrected chi connectivity index (χ0v) is 13.2. The second kappa shape index (κ2) is 7.38. The summed E-state index contributed by atoms with van der Waals surface area (Å²) in [6.45, 7) is 4.67. The molecule has 2 rings (SSSR count). The summed E-state index contributed by atoms with van der Waals surface area (Å²) in [4.78, 5) is 17.3. The molecule has 6 heteroatoms. The molecule has 0 saturated heterocycles. The zero-order chi connectivity index (χ0) is 15.2. The van der Waals surface area contributed by atoms with Crippen LogP contribution in [0.5, 0.6) is 0 Å². The molecule has 0 fully saturated rings. The van der Waals surface area contributed by atoms with E-state index in [1.165, 1.54) is 6.26 Å². The van der Waals surface area contributed by atoms with Gasteiger partial charge in [-0.3, -0.25) is 4.79 Å². The standard InChI is InChI=1S/C15H21N3O2S/c1-10(2)6-11(8-16)17-14(19)7-12-9-20-15(18-12)13-4-3-5-21-13/h3-5,9-11H,6-8,16H2,1-2H3,(H,17,19). The number of carbonyl (C=O) groups excluding carboxylic acids is 1. The van der Waals surface area contributed by atoms with Crippen molar-refractivity contribution in [1.82, 2.24) is 10.3 Å². The Labute approximate surface area is 128 Å². The molecule has 3 N–H and O–H groups in total. The van der Waals surface area contributed by atoms with Crippen molar-refractivity contribution in [3.8, 4) is 10.8 Å². The number of hydrogen-bond donors (Lipinski definition) is 2. The van der Waals surface area contributed by atoms with Crippen LogP contribution in [0, 0.1) is 5.92 Å². The molecule has 0 aliphatic rings. The molecule has 0 aliphatic carbocycles. The Morgan fingerprint density at radius 2 is 2.33 bits per heavy atom. The van der Waals surface area contributed by atoms with E-state index >= 15 is 0 Å². The molecule has 2 heterocycles. The Balaban J connectivity index is 1.91. The van der Waals surface area contributed by atoms with Gasteiger partial charge >= 0.3 is 0 Å². The number of hydrogen-bond acceptors (Lipinski definition) is 5. The molecule has 5 nitrogen and oxygen atoms in total. The van der Waals surface area contributed by atoms with Crippen molar-refractivity contribution in [2.24, 2.45) is 11.7 Å². The van der Waals surface area contributed by atoms with Crippen molar-refractivity contribution in [2.45, 2.75) is 32.7 Å². The van der Waals surface area contributed by atoms with E-state index in [4.69, 9.17) is 10.2 Å². The third-order valence-corrected chi connectivity index (χ3v) is 3.89. The minimum atomic E-state index is -0.0721. The smallest absolute Gasteiger partial charge is 0.236 e. The second-order valence-electron chi connectivity index (χ2n) is 5.43. The van der Waals surface area contributed by atoms with Gasteiger partial charge in [-0.05, 0) is 23.8 Å². The average Bonchev–Trinajstić information content (AvgIpc) is 3.07. The predicted octanol–water partition coefficient (Wildman–Crippen LogP) is 2.44. The van der Waals surface area contributed by atoms with Gasteiger partial charge in [-0.1, -0.05) is 19.9 Å². The SMILES string of the molecule is CC(C)CC(CN)NC(=O)Cc1coc(-c2cccs2)n1. The molecule has 2 aromatic heterocycles. The molecular weight excluding hydrogens is 286 g/mol. The van der Waals surface area contributed by atoms with E-state index in [2.05, 4.69) is 24.1 Å². The third kappa shape index (κ3) is 4.68. The van der Waals surface area contributed by atoms with Gasteiger partial charge in [0, 0.05) is 12.6 Å². The van der Waals surface area contributed by atoms with Gasteiger partial charge in [0.2, 0.25) is 11.8 Å². The van der Waals surface area contributed by atoms with Crippen LogP contribution >= 0.6 is 11.3 Å². The lowest BCUT2D eigenvalue weighted by Crippen LogP contribution is -2.41. The third-order valence-electron chi connectivity index (χ3n) is 3.03. The summed E-state index contributed by atoms with van der Waals surface area (Å²) in [5.74, 6) is 0.985. The van der Waals surface area contributed by atoms with E-state index in [0.29, 0.717) is 24.0 Å². The van der Waals surface area contributed by atoms with Gasteiger partial charge in [0.05, 0.1) is 17.0 Å². The fourth-order valence-corrected chi connectivity index (χ4v) is 2.78. The number of nitrogens with two attached hydrogens (primary N) is 1. The number of thiophene rings is 1. The first-order valence-electron chi connectivity index (χ1n) is 7.06. The molecule has 0 aliphatic heterocycles. The summed E-state index contributed by atoms with van der Waals surface area (Å²) in [7, 11) is 0. The minimum Gasteiger partial charge on any atom is -0.444 e. The number of rotatable bonds is 7. The zero-order valence-electron chi connectivity index (χ0n) is 12.3. The monoisotopic (exact) mass is 307 g/mol. The quantitative estimate of drug-likeness (QED) is 0.823. The van der Waals surface area contributed by atoms with Crippen molar-refractivity contribution in [3.63, 3.8) is 0 Å². The Morgan fingerprint density at radius 3 is 2.95 bits per heavy atom. The molecule has 2 aromatic rings. The lowest BCUT2D eigenvalue weighted by Gasteiger charge is -2.18. The predicted molar refractivity (Wildman–Crippen MR) is 84.0 cm³/mol. The van der Waals surface area contributed by atoms with Crippen LogP contribution in [0.15, 0.2) is 28.2 Å². The molecule has 114 valence electrons.